The molecular weight excluding hydrogens is 270 g/mol. The van der Waals surface area contributed by atoms with Gasteiger partial charge in [0.1, 0.15) is 6.33 Å². The molecule has 0 saturated heterocycles. The molecule has 1 aromatic heterocycles. The summed E-state index contributed by atoms with van der Waals surface area (Å²) in [6.45, 7) is 5.93. The molecule has 7 heteroatoms. The number of aromatic nitrogens is 4. The van der Waals surface area contributed by atoms with Gasteiger partial charge in [0.25, 0.3) is 5.91 Å². The first-order chi connectivity index (χ1) is 9.89. The summed E-state index contributed by atoms with van der Waals surface area (Å²) in [6, 6.07) is 7.02. The van der Waals surface area contributed by atoms with Crippen molar-refractivity contribution < 1.29 is 9.90 Å². The Labute approximate surface area is 123 Å². The van der Waals surface area contributed by atoms with E-state index < -0.39 is 6.10 Å². The van der Waals surface area contributed by atoms with Crippen molar-refractivity contribution >= 4 is 5.91 Å². The molecule has 1 atom stereocenters. The molecule has 0 spiro atoms. The van der Waals surface area contributed by atoms with Crippen LogP contribution in [-0.2, 0) is 0 Å². The lowest BCUT2D eigenvalue weighted by Gasteiger charge is -2.26. The van der Waals surface area contributed by atoms with Gasteiger partial charge in [-0.15, -0.1) is 5.10 Å². The molecule has 2 rings (SSSR count). The Hall–Kier alpha value is -2.28. The largest absolute Gasteiger partial charge is 0.391 e. The molecule has 1 amide bonds. The SMILES string of the molecule is CC(C)(C)C(O)CNC(=O)c1ccccc1-n1cnnn1. The van der Waals surface area contributed by atoms with Gasteiger partial charge in [0.05, 0.1) is 17.4 Å². The van der Waals surface area contributed by atoms with Crippen LogP contribution >= 0.6 is 0 Å². The highest BCUT2D eigenvalue weighted by atomic mass is 16.3. The second-order valence-corrected chi connectivity index (χ2v) is 5.86. The monoisotopic (exact) mass is 289 g/mol. The van der Waals surface area contributed by atoms with Crippen LogP contribution < -0.4 is 5.32 Å². The molecule has 112 valence electrons. The molecule has 1 heterocycles. The van der Waals surface area contributed by atoms with Crippen molar-refractivity contribution in [3.8, 4) is 5.69 Å². The number of benzene rings is 1. The van der Waals surface area contributed by atoms with E-state index in [1.54, 1.807) is 24.3 Å². The number of nitrogens with one attached hydrogen (secondary N) is 1. The highest BCUT2D eigenvalue weighted by Crippen LogP contribution is 2.18. The Balaban J connectivity index is 2.14. The van der Waals surface area contributed by atoms with Crippen LogP contribution in [-0.4, -0.2) is 43.9 Å². The number of tetrazole rings is 1. The van der Waals surface area contributed by atoms with Gasteiger partial charge in [-0.1, -0.05) is 32.9 Å². The molecule has 0 saturated carbocycles. The molecule has 2 aromatic rings. The second-order valence-electron chi connectivity index (χ2n) is 5.86. The van der Waals surface area contributed by atoms with E-state index in [9.17, 15) is 9.90 Å². The molecule has 0 radical (unpaired) electrons. The molecule has 1 aromatic carbocycles. The first-order valence-corrected chi connectivity index (χ1v) is 6.68. The van der Waals surface area contributed by atoms with E-state index >= 15 is 0 Å². The van der Waals surface area contributed by atoms with Crippen LogP contribution in [0.5, 0.6) is 0 Å². The maximum absolute atomic E-state index is 12.3. The molecule has 0 aliphatic rings. The summed E-state index contributed by atoms with van der Waals surface area (Å²) in [7, 11) is 0. The number of carbonyl (C=O) groups excluding carboxylic acids is 1. The Bertz CT molecular complexity index is 604. The first-order valence-electron chi connectivity index (χ1n) is 6.68. The predicted octanol–water partition coefficient (Wildman–Crippen LogP) is 0.799. The lowest BCUT2D eigenvalue weighted by atomic mass is 9.89. The number of para-hydroxylation sites is 1. The van der Waals surface area contributed by atoms with Gasteiger partial charge in [-0.2, -0.15) is 4.68 Å². The lowest BCUT2D eigenvalue weighted by molar-refractivity contribution is 0.0587. The van der Waals surface area contributed by atoms with Gasteiger partial charge in [-0.25, -0.2) is 0 Å². The second kappa shape index (κ2) is 6.01. The third-order valence-electron chi connectivity index (χ3n) is 3.20. The van der Waals surface area contributed by atoms with E-state index in [1.165, 1.54) is 11.0 Å². The van der Waals surface area contributed by atoms with Crippen molar-refractivity contribution in [2.24, 2.45) is 5.41 Å². The summed E-state index contributed by atoms with van der Waals surface area (Å²) in [6.07, 6.45) is 0.803. The molecule has 21 heavy (non-hydrogen) atoms. The van der Waals surface area contributed by atoms with Crippen molar-refractivity contribution in [3.05, 3.63) is 36.2 Å². The van der Waals surface area contributed by atoms with Gasteiger partial charge < -0.3 is 10.4 Å². The molecule has 7 nitrogen and oxygen atoms in total. The Kier molecular flexibility index (Phi) is 4.32. The fourth-order valence-corrected chi connectivity index (χ4v) is 1.73. The van der Waals surface area contributed by atoms with Crippen LogP contribution in [0.2, 0.25) is 0 Å². The minimum atomic E-state index is -0.623. The van der Waals surface area contributed by atoms with E-state index in [1.807, 2.05) is 20.8 Å². The molecule has 0 aliphatic heterocycles. The van der Waals surface area contributed by atoms with E-state index in [0.29, 0.717) is 11.3 Å². The summed E-state index contributed by atoms with van der Waals surface area (Å²) in [5, 5.41) is 23.6. The van der Waals surface area contributed by atoms with Crippen LogP contribution in [0, 0.1) is 5.41 Å². The summed E-state index contributed by atoms with van der Waals surface area (Å²) >= 11 is 0. The molecule has 1 unspecified atom stereocenters. The van der Waals surface area contributed by atoms with Crippen molar-refractivity contribution in [2.45, 2.75) is 26.9 Å². The maximum atomic E-state index is 12.3. The summed E-state index contributed by atoms with van der Waals surface area (Å²) < 4.78 is 1.43. The highest BCUT2D eigenvalue weighted by Gasteiger charge is 2.23. The van der Waals surface area contributed by atoms with Gasteiger partial charge in [0.2, 0.25) is 0 Å². The fourth-order valence-electron chi connectivity index (χ4n) is 1.73. The van der Waals surface area contributed by atoms with E-state index in [4.69, 9.17) is 0 Å². The number of aliphatic hydroxyl groups is 1. The van der Waals surface area contributed by atoms with Crippen molar-refractivity contribution in [1.82, 2.24) is 25.5 Å². The minimum absolute atomic E-state index is 0.187. The van der Waals surface area contributed by atoms with E-state index in [0.717, 1.165) is 0 Å². The van der Waals surface area contributed by atoms with Crippen LogP contribution in [0.1, 0.15) is 31.1 Å². The maximum Gasteiger partial charge on any atom is 0.253 e. The van der Waals surface area contributed by atoms with Gasteiger partial charge in [-0.05, 0) is 28.0 Å². The average Bonchev–Trinajstić information content (AvgIpc) is 2.97. The van der Waals surface area contributed by atoms with E-state index in [-0.39, 0.29) is 17.9 Å². The standard InChI is InChI=1S/C14H19N5O2/c1-14(2,3)12(20)8-15-13(21)10-6-4-5-7-11(10)19-9-16-17-18-19/h4-7,9,12,20H,8H2,1-3H3,(H,15,21). The van der Waals surface area contributed by atoms with E-state index in [2.05, 4.69) is 20.8 Å². The van der Waals surface area contributed by atoms with Crippen molar-refractivity contribution in [1.29, 1.82) is 0 Å². The van der Waals surface area contributed by atoms with Crippen LogP contribution in [0.25, 0.3) is 5.69 Å². The zero-order valence-electron chi connectivity index (χ0n) is 12.3. The molecule has 0 bridgehead atoms. The smallest absolute Gasteiger partial charge is 0.253 e. The first kappa shape index (κ1) is 15.1. The Morgan fingerprint density at radius 3 is 2.71 bits per heavy atom. The normalized spacial score (nSPS) is 13.0. The van der Waals surface area contributed by atoms with Crippen molar-refractivity contribution in [2.75, 3.05) is 6.54 Å². The number of amides is 1. The molecular formula is C14H19N5O2. The highest BCUT2D eigenvalue weighted by molar-refractivity contribution is 5.97. The molecule has 2 N–H and O–H groups in total. The van der Waals surface area contributed by atoms with Crippen LogP contribution in [0.3, 0.4) is 0 Å². The van der Waals surface area contributed by atoms with Crippen LogP contribution in [0.15, 0.2) is 30.6 Å². The lowest BCUT2D eigenvalue weighted by Crippen LogP contribution is -2.39. The summed E-state index contributed by atoms with van der Waals surface area (Å²) in [5.74, 6) is -0.274. The Morgan fingerprint density at radius 2 is 2.10 bits per heavy atom. The van der Waals surface area contributed by atoms with Gasteiger partial charge in [-0.3, -0.25) is 4.79 Å². The van der Waals surface area contributed by atoms with Gasteiger partial charge in [0, 0.05) is 6.54 Å². The number of aliphatic hydroxyl groups excluding tert-OH is 1. The third-order valence-corrected chi connectivity index (χ3v) is 3.20. The number of carbonyl (C=O) groups is 1. The molecule has 0 aliphatic carbocycles. The number of rotatable bonds is 4. The third kappa shape index (κ3) is 3.63. The summed E-state index contributed by atoms with van der Waals surface area (Å²) in [5.41, 5.74) is 0.749. The quantitative estimate of drug-likeness (QED) is 0.868. The average molecular weight is 289 g/mol. The number of hydrogen-bond acceptors (Lipinski definition) is 5. The zero-order chi connectivity index (χ0) is 15.5. The topological polar surface area (TPSA) is 92.9 Å². The minimum Gasteiger partial charge on any atom is -0.391 e. The predicted molar refractivity (Wildman–Crippen MR) is 76.9 cm³/mol. The van der Waals surface area contributed by atoms with Gasteiger partial charge in [0.15, 0.2) is 0 Å². The Morgan fingerprint density at radius 1 is 1.38 bits per heavy atom. The van der Waals surface area contributed by atoms with Crippen molar-refractivity contribution in [3.63, 3.8) is 0 Å². The number of nitrogens with zero attached hydrogens (tertiary/aromatic N) is 4. The summed E-state index contributed by atoms with van der Waals surface area (Å²) in [4.78, 5) is 12.3. The van der Waals surface area contributed by atoms with Gasteiger partial charge >= 0.3 is 0 Å². The number of hydrogen-bond donors (Lipinski definition) is 2. The zero-order valence-corrected chi connectivity index (χ0v) is 12.3. The molecule has 0 fully saturated rings. The fraction of sp³-hybridized carbons (Fsp3) is 0.429. The van der Waals surface area contributed by atoms with Crippen LogP contribution in [0.4, 0.5) is 0 Å².